The number of benzene rings is 2. The highest BCUT2D eigenvalue weighted by Gasteiger charge is 2.17. The van der Waals surface area contributed by atoms with E-state index in [9.17, 15) is 4.79 Å². The van der Waals surface area contributed by atoms with Crippen LogP contribution in [0.2, 0.25) is 0 Å². The van der Waals surface area contributed by atoms with Crippen molar-refractivity contribution in [1.29, 1.82) is 0 Å². The Labute approximate surface area is 113 Å². The number of carbonyl (C=O) groups excluding carboxylic acids is 1. The first kappa shape index (κ1) is 13.2. The first-order valence-electron chi connectivity index (χ1n) is 6.05. The van der Waals surface area contributed by atoms with Gasteiger partial charge in [0, 0.05) is 5.56 Å². The predicted molar refractivity (Wildman–Crippen MR) is 80.5 cm³/mol. The van der Waals surface area contributed by atoms with Crippen molar-refractivity contribution in [2.24, 2.45) is 0 Å². The Bertz CT molecular complexity index is 594. The third kappa shape index (κ3) is 2.44. The first-order chi connectivity index (χ1) is 8.43. The zero-order valence-electron chi connectivity index (χ0n) is 11.3. The Morgan fingerprint density at radius 1 is 1.11 bits per heavy atom. The standard InChI is InChI=1S/C16H18OS/c1-16(2,3)14-7-5-6-11-8-9-12(10-13(11)14)15(17)18-4/h5-10H,1-4H3. The Morgan fingerprint density at radius 2 is 1.83 bits per heavy atom. The molecule has 94 valence electrons. The summed E-state index contributed by atoms with van der Waals surface area (Å²) in [5.41, 5.74) is 2.16. The SMILES string of the molecule is CSC(=O)c1ccc2cccc(C(C)(C)C)c2c1. The lowest BCUT2D eigenvalue weighted by molar-refractivity contribution is 0.108. The summed E-state index contributed by atoms with van der Waals surface area (Å²) >= 11 is 1.26. The largest absolute Gasteiger partial charge is 0.282 e. The molecule has 0 unspecified atom stereocenters. The minimum Gasteiger partial charge on any atom is -0.282 e. The fourth-order valence-electron chi connectivity index (χ4n) is 2.17. The van der Waals surface area contributed by atoms with E-state index in [1.165, 1.54) is 28.1 Å². The Kier molecular flexibility index (Phi) is 3.49. The van der Waals surface area contributed by atoms with Crippen molar-refractivity contribution in [3.8, 4) is 0 Å². The molecule has 0 amide bonds. The van der Waals surface area contributed by atoms with Crippen LogP contribution in [0.25, 0.3) is 10.8 Å². The molecule has 0 fully saturated rings. The predicted octanol–water partition coefficient (Wildman–Crippen LogP) is 4.64. The molecule has 0 N–H and O–H groups in total. The molecule has 2 heteroatoms. The van der Waals surface area contributed by atoms with Crippen LogP contribution in [0.4, 0.5) is 0 Å². The minimum absolute atomic E-state index is 0.0839. The smallest absolute Gasteiger partial charge is 0.219 e. The molecule has 18 heavy (non-hydrogen) atoms. The Balaban J connectivity index is 2.70. The van der Waals surface area contributed by atoms with Crippen LogP contribution in [-0.2, 0) is 5.41 Å². The summed E-state index contributed by atoms with van der Waals surface area (Å²) in [5.74, 6) is 0. The van der Waals surface area contributed by atoms with Gasteiger partial charge < -0.3 is 0 Å². The van der Waals surface area contributed by atoms with Gasteiger partial charge in [-0.2, -0.15) is 0 Å². The molecule has 0 atom stereocenters. The Hall–Kier alpha value is -1.28. The molecule has 2 rings (SSSR count). The first-order valence-corrected chi connectivity index (χ1v) is 7.27. The van der Waals surface area contributed by atoms with E-state index in [0.29, 0.717) is 0 Å². The molecule has 0 aliphatic rings. The zero-order chi connectivity index (χ0) is 13.3. The van der Waals surface area contributed by atoms with Crippen LogP contribution in [0, 0.1) is 0 Å². The van der Waals surface area contributed by atoms with Gasteiger partial charge in [0.15, 0.2) is 0 Å². The van der Waals surface area contributed by atoms with Gasteiger partial charge in [0.05, 0.1) is 0 Å². The molecule has 0 saturated heterocycles. The molecular formula is C16H18OS. The number of rotatable bonds is 1. The molecule has 1 nitrogen and oxygen atoms in total. The van der Waals surface area contributed by atoms with E-state index in [1.807, 2.05) is 24.5 Å². The zero-order valence-corrected chi connectivity index (χ0v) is 12.1. The highest BCUT2D eigenvalue weighted by Crippen LogP contribution is 2.31. The van der Waals surface area contributed by atoms with Crippen molar-refractivity contribution in [3.05, 3.63) is 47.5 Å². The molecule has 0 aromatic heterocycles. The molecule has 2 aromatic rings. The van der Waals surface area contributed by atoms with Gasteiger partial charge in [-0.25, -0.2) is 0 Å². The molecule has 0 heterocycles. The van der Waals surface area contributed by atoms with E-state index < -0.39 is 0 Å². The average Bonchev–Trinajstić information content (AvgIpc) is 2.35. The van der Waals surface area contributed by atoms with Crippen LogP contribution in [0.3, 0.4) is 0 Å². The maximum absolute atomic E-state index is 11.8. The second-order valence-corrected chi connectivity index (χ2v) is 6.26. The fraction of sp³-hybridized carbons (Fsp3) is 0.312. The monoisotopic (exact) mass is 258 g/mol. The number of carbonyl (C=O) groups is 1. The molecule has 0 aliphatic carbocycles. The Morgan fingerprint density at radius 3 is 2.44 bits per heavy atom. The maximum atomic E-state index is 11.8. The van der Waals surface area contributed by atoms with E-state index in [-0.39, 0.29) is 10.5 Å². The number of hydrogen-bond donors (Lipinski definition) is 0. The summed E-state index contributed by atoms with van der Waals surface area (Å²) in [7, 11) is 0. The lowest BCUT2D eigenvalue weighted by Crippen LogP contribution is -2.11. The number of thioether (sulfide) groups is 1. The molecule has 0 radical (unpaired) electrons. The molecular weight excluding hydrogens is 240 g/mol. The van der Waals surface area contributed by atoms with Gasteiger partial charge in [-0.05, 0) is 40.1 Å². The lowest BCUT2D eigenvalue weighted by Gasteiger charge is -2.21. The third-order valence-electron chi connectivity index (χ3n) is 3.11. The number of fused-ring (bicyclic) bond motifs is 1. The minimum atomic E-state index is 0.0839. The van der Waals surface area contributed by atoms with Crippen molar-refractivity contribution >= 4 is 27.6 Å². The molecule has 0 spiro atoms. The fourth-order valence-corrected chi connectivity index (χ4v) is 2.53. The summed E-state index contributed by atoms with van der Waals surface area (Å²) in [6, 6.07) is 12.3. The average molecular weight is 258 g/mol. The topological polar surface area (TPSA) is 17.1 Å². The summed E-state index contributed by atoms with van der Waals surface area (Å²) in [6.07, 6.45) is 1.82. The summed E-state index contributed by atoms with van der Waals surface area (Å²) in [6.45, 7) is 6.60. The van der Waals surface area contributed by atoms with Gasteiger partial charge in [-0.15, -0.1) is 0 Å². The van der Waals surface area contributed by atoms with Crippen molar-refractivity contribution in [2.75, 3.05) is 6.26 Å². The summed E-state index contributed by atoms with van der Waals surface area (Å²) in [4.78, 5) is 11.8. The van der Waals surface area contributed by atoms with Crippen LogP contribution in [0.1, 0.15) is 36.7 Å². The van der Waals surface area contributed by atoms with Crippen LogP contribution in [-0.4, -0.2) is 11.4 Å². The van der Waals surface area contributed by atoms with E-state index in [1.54, 1.807) is 0 Å². The summed E-state index contributed by atoms with van der Waals surface area (Å²) in [5, 5.41) is 2.51. The van der Waals surface area contributed by atoms with E-state index in [4.69, 9.17) is 0 Å². The second kappa shape index (κ2) is 4.77. The maximum Gasteiger partial charge on any atom is 0.219 e. The quantitative estimate of drug-likeness (QED) is 0.741. The van der Waals surface area contributed by atoms with Gasteiger partial charge in [0.1, 0.15) is 0 Å². The van der Waals surface area contributed by atoms with Gasteiger partial charge in [-0.1, -0.05) is 56.8 Å². The van der Waals surface area contributed by atoms with Crippen LogP contribution >= 0.6 is 11.8 Å². The van der Waals surface area contributed by atoms with E-state index in [0.717, 1.165) is 5.56 Å². The van der Waals surface area contributed by atoms with Crippen molar-refractivity contribution < 1.29 is 4.79 Å². The highest BCUT2D eigenvalue weighted by molar-refractivity contribution is 8.13. The number of hydrogen-bond acceptors (Lipinski definition) is 2. The van der Waals surface area contributed by atoms with Crippen LogP contribution in [0.5, 0.6) is 0 Å². The lowest BCUT2D eigenvalue weighted by atomic mass is 9.83. The molecule has 0 aliphatic heterocycles. The van der Waals surface area contributed by atoms with Gasteiger partial charge in [0.2, 0.25) is 5.12 Å². The molecule has 0 bridgehead atoms. The van der Waals surface area contributed by atoms with Gasteiger partial charge in [-0.3, -0.25) is 4.79 Å². The molecule has 0 saturated carbocycles. The third-order valence-corrected chi connectivity index (χ3v) is 3.72. The summed E-state index contributed by atoms with van der Waals surface area (Å²) < 4.78 is 0. The normalized spacial score (nSPS) is 11.8. The van der Waals surface area contributed by atoms with Gasteiger partial charge in [0.25, 0.3) is 0 Å². The second-order valence-electron chi connectivity index (χ2n) is 5.48. The van der Waals surface area contributed by atoms with E-state index in [2.05, 4.69) is 39.0 Å². The van der Waals surface area contributed by atoms with Crippen molar-refractivity contribution in [3.63, 3.8) is 0 Å². The van der Waals surface area contributed by atoms with Crippen LogP contribution < -0.4 is 0 Å². The van der Waals surface area contributed by atoms with E-state index >= 15 is 0 Å². The van der Waals surface area contributed by atoms with Crippen molar-refractivity contribution in [1.82, 2.24) is 0 Å². The van der Waals surface area contributed by atoms with Gasteiger partial charge >= 0.3 is 0 Å². The van der Waals surface area contributed by atoms with Crippen molar-refractivity contribution in [2.45, 2.75) is 26.2 Å². The van der Waals surface area contributed by atoms with Crippen LogP contribution in [0.15, 0.2) is 36.4 Å². The molecule has 2 aromatic carbocycles. The highest BCUT2D eigenvalue weighted by atomic mass is 32.2.